The molecular formula is C21H35IN4O3. The predicted molar refractivity (Wildman–Crippen MR) is 128 cm³/mol. The minimum absolute atomic E-state index is 0. The molecule has 3 N–H and O–H groups in total. The zero-order chi connectivity index (χ0) is 20.2. The van der Waals surface area contributed by atoms with E-state index in [-0.39, 0.29) is 41.9 Å². The zero-order valence-electron chi connectivity index (χ0n) is 17.7. The molecule has 1 atom stereocenters. The van der Waals surface area contributed by atoms with Gasteiger partial charge in [-0.1, -0.05) is 26.0 Å². The van der Waals surface area contributed by atoms with Crippen molar-refractivity contribution in [3.05, 3.63) is 29.8 Å². The molecule has 0 aliphatic carbocycles. The number of benzene rings is 1. The number of rotatable bonds is 10. The number of carbonyl (C=O) groups is 1. The molecule has 1 unspecified atom stereocenters. The fourth-order valence-corrected chi connectivity index (χ4v) is 2.67. The van der Waals surface area contributed by atoms with Crippen molar-refractivity contribution in [3.63, 3.8) is 0 Å². The lowest BCUT2D eigenvalue weighted by Gasteiger charge is -2.13. The summed E-state index contributed by atoms with van der Waals surface area (Å²) in [5, 5.41) is 9.49. The Labute approximate surface area is 191 Å². The molecule has 1 aliphatic heterocycles. The summed E-state index contributed by atoms with van der Waals surface area (Å²) in [6.45, 7) is 10.2. The lowest BCUT2D eigenvalue weighted by molar-refractivity contribution is -0.118. The van der Waals surface area contributed by atoms with Crippen LogP contribution < -0.4 is 16.0 Å². The Morgan fingerprint density at radius 1 is 1.28 bits per heavy atom. The molecule has 2 rings (SSSR count). The van der Waals surface area contributed by atoms with Crippen molar-refractivity contribution < 1.29 is 14.3 Å². The highest BCUT2D eigenvalue weighted by atomic mass is 127. The molecule has 8 heteroatoms. The number of halogens is 1. The molecular weight excluding hydrogens is 483 g/mol. The van der Waals surface area contributed by atoms with Crippen LogP contribution >= 0.6 is 24.0 Å². The molecule has 1 aromatic carbocycles. The second kappa shape index (κ2) is 14.6. The van der Waals surface area contributed by atoms with Gasteiger partial charge in [0.1, 0.15) is 0 Å². The van der Waals surface area contributed by atoms with Crippen LogP contribution in [0.1, 0.15) is 39.2 Å². The lowest BCUT2D eigenvalue weighted by Crippen LogP contribution is -2.38. The number of amides is 1. The summed E-state index contributed by atoms with van der Waals surface area (Å²) in [4.78, 5) is 16.4. The van der Waals surface area contributed by atoms with E-state index in [1.165, 1.54) is 0 Å². The van der Waals surface area contributed by atoms with E-state index in [0.717, 1.165) is 63.0 Å². The van der Waals surface area contributed by atoms with Crippen LogP contribution in [0.3, 0.4) is 0 Å². The second-order valence-electron chi connectivity index (χ2n) is 7.17. The van der Waals surface area contributed by atoms with Gasteiger partial charge in [0.25, 0.3) is 0 Å². The van der Waals surface area contributed by atoms with Gasteiger partial charge in [-0.25, -0.2) is 4.99 Å². The highest BCUT2D eigenvalue weighted by Crippen LogP contribution is 2.12. The quantitative estimate of drug-likeness (QED) is 0.192. The average Bonchev–Trinajstić information content (AvgIpc) is 3.20. The first-order valence-corrected chi connectivity index (χ1v) is 10.2. The summed E-state index contributed by atoms with van der Waals surface area (Å²) in [7, 11) is 0. The molecule has 0 aromatic heterocycles. The monoisotopic (exact) mass is 518 g/mol. The number of carbonyl (C=O) groups excluding carboxylic acids is 1. The molecule has 0 radical (unpaired) electrons. The Kier molecular flexibility index (Phi) is 12.9. The van der Waals surface area contributed by atoms with Gasteiger partial charge in [0.05, 0.1) is 19.3 Å². The fourth-order valence-electron chi connectivity index (χ4n) is 2.67. The molecule has 1 amide bonds. The minimum Gasteiger partial charge on any atom is -0.379 e. The maximum Gasteiger partial charge on any atom is 0.226 e. The Bertz CT molecular complexity index is 617. The smallest absolute Gasteiger partial charge is 0.226 e. The molecule has 1 aliphatic rings. The number of hydrogen-bond acceptors (Lipinski definition) is 4. The van der Waals surface area contributed by atoms with Gasteiger partial charge in [-0.2, -0.15) is 0 Å². The third-order valence-electron chi connectivity index (χ3n) is 4.36. The van der Waals surface area contributed by atoms with Gasteiger partial charge in [-0.05, 0) is 37.5 Å². The number of nitrogens with zero attached hydrogens (tertiary/aromatic N) is 1. The van der Waals surface area contributed by atoms with Gasteiger partial charge in [0.15, 0.2) is 5.96 Å². The maximum atomic E-state index is 11.7. The Morgan fingerprint density at radius 2 is 2.03 bits per heavy atom. The van der Waals surface area contributed by atoms with Crippen LogP contribution in [0, 0.1) is 5.92 Å². The molecule has 1 heterocycles. The molecule has 164 valence electrons. The van der Waals surface area contributed by atoms with Crippen molar-refractivity contribution in [3.8, 4) is 0 Å². The SMILES string of the molecule is CCNC(=NCc1ccc(NC(=O)C(C)C)cc1)NCCCOC1CCOC1.I. The summed E-state index contributed by atoms with van der Waals surface area (Å²) in [5.41, 5.74) is 1.90. The Morgan fingerprint density at radius 3 is 2.66 bits per heavy atom. The third-order valence-corrected chi connectivity index (χ3v) is 4.36. The average molecular weight is 518 g/mol. The first kappa shape index (κ1) is 25.6. The molecule has 1 aromatic rings. The summed E-state index contributed by atoms with van der Waals surface area (Å²) < 4.78 is 11.1. The third kappa shape index (κ3) is 10.3. The van der Waals surface area contributed by atoms with Crippen LogP contribution in [0.15, 0.2) is 29.3 Å². The molecule has 7 nitrogen and oxygen atoms in total. The Hall–Kier alpha value is -1.39. The molecule has 0 spiro atoms. The summed E-state index contributed by atoms with van der Waals surface area (Å²) in [6.07, 6.45) is 2.18. The van der Waals surface area contributed by atoms with E-state index in [9.17, 15) is 4.79 Å². The molecule has 29 heavy (non-hydrogen) atoms. The van der Waals surface area contributed by atoms with Crippen molar-refractivity contribution in [1.29, 1.82) is 0 Å². The number of aliphatic imine (C=N–C) groups is 1. The van der Waals surface area contributed by atoms with Gasteiger partial charge in [0.2, 0.25) is 5.91 Å². The van der Waals surface area contributed by atoms with Crippen molar-refractivity contribution >= 4 is 41.5 Å². The summed E-state index contributed by atoms with van der Waals surface area (Å²) in [6, 6.07) is 7.80. The van der Waals surface area contributed by atoms with E-state index < -0.39 is 0 Å². The van der Waals surface area contributed by atoms with Crippen LogP contribution in [0.2, 0.25) is 0 Å². The van der Waals surface area contributed by atoms with E-state index in [0.29, 0.717) is 6.54 Å². The summed E-state index contributed by atoms with van der Waals surface area (Å²) >= 11 is 0. The summed E-state index contributed by atoms with van der Waals surface area (Å²) in [5.74, 6) is 0.785. The van der Waals surface area contributed by atoms with Crippen LogP contribution in [0.4, 0.5) is 5.69 Å². The molecule has 1 saturated heterocycles. The van der Waals surface area contributed by atoms with Crippen molar-refractivity contribution in [2.24, 2.45) is 10.9 Å². The van der Waals surface area contributed by atoms with E-state index in [4.69, 9.17) is 9.47 Å². The van der Waals surface area contributed by atoms with Crippen LogP contribution in [-0.2, 0) is 20.8 Å². The minimum atomic E-state index is -0.0325. The number of anilines is 1. The topological polar surface area (TPSA) is 84.0 Å². The molecule has 0 saturated carbocycles. The normalized spacial score (nSPS) is 16.4. The molecule has 1 fully saturated rings. The maximum absolute atomic E-state index is 11.7. The van der Waals surface area contributed by atoms with Gasteiger partial charge in [-0.15, -0.1) is 24.0 Å². The highest BCUT2D eigenvalue weighted by molar-refractivity contribution is 14.0. The van der Waals surface area contributed by atoms with E-state index in [1.54, 1.807) is 0 Å². The van der Waals surface area contributed by atoms with Gasteiger partial charge >= 0.3 is 0 Å². The Balaban J connectivity index is 0.00000420. The standard InChI is InChI=1S/C21H34N4O3.HI/c1-4-22-21(23-11-5-12-28-19-10-13-27-15-19)24-14-17-6-8-18(9-7-17)25-20(26)16(2)3;/h6-9,16,19H,4-5,10-15H2,1-3H3,(H,25,26)(H2,22,23,24);1H. The first-order valence-electron chi connectivity index (χ1n) is 10.2. The van der Waals surface area contributed by atoms with Gasteiger partial charge < -0.3 is 25.4 Å². The number of hydrogen-bond donors (Lipinski definition) is 3. The van der Waals surface area contributed by atoms with Gasteiger partial charge in [0, 0.05) is 37.9 Å². The number of ether oxygens (including phenoxy) is 2. The van der Waals surface area contributed by atoms with Gasteiger partial charge in [-0.3, -0.25) is 4.79 Å². The number of guanidine groups is 1. The zero-order valence-corrected chi connectivity index (χ0v) is 20.0. The highest BCUT2D eigenvalue weighted by Gasteiger charge is 2.15. The van der Waals surface area contributed by atoms with Crippen molar-refractivity contribution in [2.75, 3.05) is 38.2 Å². The van der Waals surface area contributed by atoms with E-state index in [2.05, 4.69) is 20.9 Å². The lowest BCUT2D eigenvalue weighted by atomic mass is 10.2. The molecule has 0 bridgehead atoms. The van der Waals surface area contributed by atoms with Crippen molar-refractivity contribution in [2.45, 2.75) is 46.3 Å². The fraction of sp³-hybridized carbons (Fsp3) is 0.619. The van der Waals surface area contributed by atoms with Crippen LogP contribution in [0.25, 0.3) is 0 Å². The second-order valence-corrected chi connectivity index (χ2v) is 7.17. The van der Waals surface area contributed by atoms with Crippen LogP contribution in [-0.4, -0.2) is 50.9 Å². The van der Waals surface area contributed by atoms with E-state index >= 15 is 0 Å². The van der Waals surface area contributed by atoms with Crippen molar-refractivity contribution in [1.82, 2.24) is 10.6 Å². The largest absolute Gasteiger partial charge is 0.379 e. The van der Waals surface area contributed by atoms with Crippen LogP contribution in [0.5, 0.6) is 0 Å². The first-order chi connectivity index (χ1) is 13.6. The number of nitrogens with one attached hydrogen (secondary N) is 3. The predicted octanol–water partition coefficient (Wildman–Crippen LogP) is 3.15. The van der Waals surface area contributed by atoms with E-state index in [1.807, 2.05) is 45.0 Å².